The minimum atomic E-state index is -0.00407. The van der Waals surface area contributed by atoms with Gasteiger partial charge in [-0.3, -0.25) is 4.79 Å². The zero-order chi connectivity index (χ0) is 10.8. The zero-order valence-corrected chi connectivity index (χ0v) is 9.42. The van der Waals surface area contributed by atoms with Crippen molar-refractivity contribution in [2.45, 2.75) is 51.4 Å². The molecular formula is C12H18N2O. The highest BCUT2D eigenvalue weighted by atomic mass is 16.1. The maximum atomic E-state index is 11.5. The third kappa shape index (κ3) is 2.28. The summed E-state index contributed by atoms with van der Waals surface area (Å²) < 4.78 is 0. The lowest BCUT2D eigenvalue weighted by Gasteiger charge is -2.11. The van der Waals surface area contributed by atoms with E-state index in [0.29, 0.717) is 11.8 Å². The smallest absolute Gasteiger partial charge is 0.251 e. The number of aromatic nitrogens is 2. The summed E-state index contributed by atoms with van der Waals surface area (Å²) in [5.74, 6) is 1.72. The van der Waals surface area contributed by atoms with Crippen LogP contribution in [-0.2, 0) is 0 Å². The van der Waals surface area contributed by atoms with Crippen molar-refractivity contribution in [1.82, 2.24) is 9.97 Å². The Morgan fingerprint density at radius 3 is 2.67 bits per heavy atom. The predicted molar refractivity (Wildman–Crippen MR) is 60.2 cm³/mol. The average Bonchev–Trinajstić information content (AvgIpc) is 2.69. The quantitative estimate of drug-likeness (QED) is 0.808. The molecule has 1 aromatic heterocycles. The van der Waals surface area contributed by atoms with Crippen LogP contribution in [-0.4, -0.2) is 9.97 Å². The molecular weight excluding hydrogens is 188 g/mol. The van der Waals surface area contributed by atoms with Crippen LogP contribution in [0.25, 0.3) is 0 Å². The van der Waals surface area contributed by atoms with E-state index in [9.17, 15) is 4.79 Å². The van der Waals surface area contributed by atoms with Crippen LogP contribution < -0.4 is 5.56 Å². The standard InChI is InChI=1S/C12H18N2O/c1-8(2)10-7-11(15)14-12(13-10)9-5-3-4-6-9/h7-9H,3-6H2,1-2H3,(H,13,14,15). The Bertz CT molecular complexity index is 389. The molecule has 0 atom stereocenters. The second kappa shape index (κ2) is 4.17. The fourth-order valence-electron chi connectivity index (χ4n) is 2.18. The van der Waals surface area contributed by atoms with Gasteiger partial charge in [-0.25, -0.2) is 4.98 Å². The maximum Gasteiger partial charge on any atom is 0.251 e. The molecule has 1 aliphatic rings. The van der Waals surface area contributed by atoms with E-state index in [1.807, 2.05) is 0 Å². The topological polar surface area (TPSA) is 45.8 Å². The van der Waals surface area contributed by atoms with E-state index >= 15 is 0 Å². The number of aromatic amines is 1. The average molecular weight is 206 g/mol. The first kappa shape index (κ1) is 10.4. The number of nitrogens with one attached hydrogen (secondary N) is 1. The number of hydrogen-bond acceptors (Lipinski definition) is 2. The molecule has 1 N–H and O–H groups in total. The highest BCUT2D eigenvalue weighted by molar-refractivity contribution is 5.10. The first-order valence-electron chi connectivity index (χ1n) is 5.78. The Morgan fingerprint density at radius 1 is 1.40 bits per heavy atom. The fourth-order valence-corrected chi connectivity index (χ4v) is 2.18. The van der Waals surface area contributed by atoms with Crippen LogP contribution in [0.3, 0.4) is 0 Å². The van der Waals surface area contributed by atoms with Gasteiger partial charge in [0.25, 0.3) is 5.56 Å². The van der Waals surface area contributed by atoms with Gasteiger partial charge in [0.2, 0.25) is 0 Å². The second-order valence-electron chi connectivity index (χ2n) is 4.69. The van der Waals surface area contributed by atoms with Gasteiger partial charge in [0, 0.05) is 12.0 Å². The summed E-state index contributed by atoms with van der Waals surface area (Å²) in [6.07, 6.45) is 4.87. The van der Waals surface area contributed by atoms with Crippen LogP contribution in [0.4, 0.5) is 0 Å². The van der Waals surface area contributed by atoms with E-state index in [4.69, 9.17) is 0 Å². The van der Waals surface area contributed by atoms with Gasteiger partial charge in [-0.15, -0.1) is 0 Å². The first-order valence-corrected chi connectivity index (χ1v) is 5.78. The molecule has 3 heteroatoms. The van der Waals surface area contributed by atoms with Crippen molar-refractivity contribution in [2.75, 3.05) is 0 Å². The van der Waals surface area contributed by atoms with Crippen molar-refractivity contribution < 1.29 is 0 Å². The molecule has 0 saturated heterocycles. The SMILES string of the molecule is CC(C)c1cc(=O)[nH]c(C2CCCC2)n1. The van der Waals surface area contributed by atoms with E-state index < -0.39 is 0 Å². The summed E-state index contributed by atoms with van der Waals surface area (Å²) in [6.45, 7) is 4.14. The molecule has 2 rings (SSSR count). The molecule has 1 fully saturated rings. The van der Waals surface area contributed by atoms with Crippen molar-refractivity contribution in [3.63, 3.8) is 0 Å². The second-order valence-corrected chi connectivity index (χ2v) is 4.69. The van der Waals surface area contributed by atoms with Crippen molar-refractivity contribution in [3.05, 3.63) is 27.9 Å². The van der Waals surface area contributed by atoms with Crippen molar-refractivity contribution in [1.29, 1.82) is 0 Å². The van der Waals surface area contributed by atoms with Crippen LogP contribution in [0.15, 0.2) is 10.9 Å². The number of hydrogen-bond donors (Lipinski definition) is 1. The largest absolute Gasteiger partial charge is 0.310 e. The molecule has 1 saturated carbocycles. The summed E-state index contributed by atoms with van der Waals surface area (Å²) in [4.78, 5) is 18.9. The number of rotatable bonds is 2. The lowest BCUT2D eigenvalue weighted by Crippen LogP contribution is -2.15. The molecule has 3 nitrogen and oxygen atoms in total. The van der Waals surface area contributed by atoms with E-state index in [1.165, 1.54) is 25.7 Å². The van der Waals surface area contributed by atoms with Gasteiger partial charge in [-0.2, -0.15) is 0 Å². The van der Waals surface area contributed by atoms with Crippen LogP contribution in [0.5, 0.6) is 0 Å². The number of nitrogens with zero attached hydrogens (tertiary/aromatic N) is 1. The summed E-state index contributed by atoms with van der Waals surface area (Å²) >= 11 is 0. The van der Waals surface area contributed by atoms with Crippen LogP contribution >= 0.6 is 0 Å². The van der Waals surface area contributed by atoms with Crippen LogP contribution in [0, 0.1) is 0 Å². The molecule has 0 bridgehead atoms. The van der Waals surface area contributed by atoms with Crippen molar-refractivity contribution in [2.24, 2.45) is 0 Å². The monoisotopic (exact) mass is 206 g/mol. The van der Waals surface area contributed by atoms with Gasteiger partial charge >= 0.3 is 0 Å². The van der Waals surface area contributed by atoms with Crippen molar-refractivity contribution >= 4 is 0 Å². The molecule has 0 unspecified atom stereocenters. The fraction of sp³-hybridized carbons (Fsp3) is 0.667. The molecule has 0 aliphatic heterocycles. The maximum absolute atomic E-state index is 11.5. The Hall–Kier alpha value is -1.12. The van der Waals surface area contributed by atoms with E-state index in [-0.39, 0.29) is 5.56 Å². The molecule has 0 aromatic carbocycles. The Labute approximate surface area is 89.9 Å². The summed E-state index contributed by atoms with van der Waals surface area (Å²) in [5, 5.41) is 0. The van der Waals surface area contributed by atoms with E-state index in [1.54, 1.807) is 6.07 Å². The molecule has 1 heterocycles. The van der Waals surface area contributed by atoms with Gasteiger partial charge in [0.05, 0.1) is 5.69 Å². The van der Waals surface area contributed by atoms with Gasteiger partial charge < -0.3 is 4.98 Å². The molecule has 0 amide bonds. The molecule has 1 aromatic rings. The van der Waals surface area contributed by atoms with Crippen LogP contribution in [0.2, 0.25) is 0 Å². The van der Waals surface area contributed by atoms with Gasteiger partial charge in [0.15, 0.2) is 0 Å². The Balaban J connectivity index is 2.34. The van der Waals surface area contributed by atoms with Gasteiger partial charge in [-0.1, -0.05) is 26.7 Å². The number of H-pyrrole nitrogens is 1. The molecule has 0 radical (unpaired) electrons. The van der Waals surface area contributed by atoms with Gasteiger partial charge in [-0.05, 0) is 18.8 Å². The molecule has 82 valence electrons. The highest BCUT2D eigenvalue weighted by Crippen LogP contribution is 2.31. The molecule has 0 spiro atoms. The summed E-state index contributed by atoms with van der Waals surface area (Å²) in [7, 11) is 0. The first-order chi connectivity index (χ1) is 7.16. The third-order valence-electron chi connectivity index (χ3n) is 3.11. The zero-order valence-electron chi connectivity index (χ0n) is 9.42. The minimum absolute atomic E-state index is 0.00407. The molecule has 1 aliphatic carbocycles. The van der Waals surface area contributed by atoms with E-state index in [0.717, 1.165) is 11.5 Å². The third-order valence-corrected chi connectivity index (χ3v) is 3.11. The summed E-state index contributed by atoms with van der Waals surface area (Å²) in [6, 6.07) is 1.61. The van der Waals surface area contributed by atoms with Gasteiger partial charge in [0.1, 0.15) is 5.82 Å². The Morgan fingerprint density at radius 2 is 2.07 bits per heavy atom. The lowest BCUT2D eigenvalue weighted by atomic mass is 10.1. The Kier molecular flexibility index (Phi) is 2.89. The molecule has 15 heavy (non-hydrogen) atoms. The predicted octanol–water partition coefficient (Wildman–Crippen LogP) is 2.55. The lowest BCUT2D eigenvalue weighted by molar-refractivity contribution is 0.647. The minimum Gasteiger partial charge on any atom is -0.310 e. The normalized spacial score (nSPS) is 17.5. The van der Waals surface area contributed by atoms with E-state index in [2.05, 4.69) is 23.8 Å². The van der Waals surface area contributed by atoms with Crippen molar-refractivity contribution in [3.8, 4) is 0 Å². The van der Waals surface area contributed by atoms with Crippen LogP contribution in [0.1, 0.15) is 62.9 Å². The highest BCUT2D eigenvalue weighted by Gasteiger charge is 2.20. The summed E-state index contributed by atoms with van der Waals surface area (Å²) in [5.41, 5.74) is 0.913.